The molecule has 158 valence electrons. The van der Waals surface area contributed by atoms with Crippen LogP contribution in [0.3, 0.4) is 0 Å². The van der Waals surface area contributed by atoms with E-state index in [9.17, 15) is 4.79 Å². The molecule has 2 rings (SSSR count). The van der Waals surface area contributed by atoms with Gasteiger partial charge in [-0.1, -0.05) is 33.8 Å². The Labute approximate surface area is 174 Å². The van der Waals surface area contributed by atoms with E-state index in [0.717, 1.165) is 41.8 Å². The summed E-state index contributed by atoms with van der Waals surface area (Å²) in [5.74, 6) is 1.25. The van der Waals surface area contributed by atoms with Gasteiger partial charge in [0.25, 0.3) is 5.91 Å². The number of benzene rings is 1. The number of hydrazone groups is 1. The minimum Gasteiger partial charge on any atom is -0.493 e. The summed E-state index contributed by atoms with van der Waals surface area (Å²) < 4.78 is 5.79. The quantitative estimate of drug-likeness (QED) is 0.583. The van der Waals surface area contributed by atoms with Crippen LogP contribution in [0.2, 0.25) is 0 Å². The first-order chi connectivity index (χ1) is 13.9. The molecule has 0 bridgehead atoms. The standard InChI is InChI=1S/C23H34N4O2/c1-8-11-16(5)27-21(17(6)15(4)9-2)23(28)25-22(26-27)19-14-18(24-7)12-13-20(19)29-10-3/h12-15,24H,5,8-11H2,1-4,6-7H3,(H,25,26,28)/b21-17-. The van der Waals surface area contributed by atoms with Crippen LogP contribution in [-0.2, 0) is 4.79 Å². The zero-order chi connectivity index (χ0) is 21.6. The van der Waals surface area contributed by atoms with Gasteiger partial charge in [0, 0.05) is 18.4 Å². The lowest BCUT2D eigenvalue weighted by Crippen LogP contribution is -2.44. The number of allylic oxidation sites excluding steroid dienone is 2. The number of rotatable bonds is 9. The van der Waals surface area contributed by atoms with E-state index >= 15 is 0 Å². The van der Waals surface area contributed by atoms with Gasteiger partial charge in [0.2, 0.25) is 0 Å². The van der Waals surface area contributed by atoms with E-state index in [-0.39, 0.29) is 11.8 Å². The van der Waals surface area contributed by atoms with E-state index in [1.54, 1.807) is 5.01 Å². The van der Waals surface area contributed by atoms with Gasteiger partial charge < -0.3 is 15.4 Å². The fraction of sp³-hybridized carbons (Fsp3) is 0.478. The van der Waals surface area contributed by atoms with Crippen molar-refractivity contribution in [3.63, 3.8) is 0 Å². The summed E-state index contributed by atoms with van der Waals surface area (Å²) in [5, 5.41) is 12.6. The van der Waals surface area contributed by atoms with Crippen LogP contribution in [0.5, 0.6) is 5.75 Å². The molecule has 0 spiro atoms. The summed E-state index contributed by atoms with van der Waals surface area (Å²) in [6.07, 6.45) is 2.64. The number of ether oxygens (including phenoxy) is 1. The highest BCUT2D eigenvalue weighted by Crippen LogP contribution is 2.30. The Balaban J connectivity index is 2.64. The maximum absolute atomic E-state index is 13.2. The highest BCUT2D eigenvalue weighted by atomic mass is 16.5. The summed E-state index contributed by atoms with van der Waals surface area (Å²) in [6.45, 7) is 15.0. The Morgan fingerprint density at radius 1 is 1.34 bits per heavy atom. The van der Waals surface area contributed by atoms with Crippen molar-refractivity contribution in [2.24, 2.45) is 11.0 Å². The SMILES string of the molecule is C=C(CCC)N1N=C(c2cc(NC)ccc2OCC)NC(=O)/C1=C(\C)C(C)CC. The van der Waals surface area contributed by atoms with Crippen LogP contribution in [0.4, 0.5) is 5.69 Å². The molecular weight excluding hydrogens is 364 g/mol. The molecule has 0 radical (unpaired) electrons. The molecule has 0 saturated heterocycles. The van der Waals surface area contributed by atoms with Crippen molar-refractivity contribution < 1.29 is 9.53 Å². The van der Waals surface area contributed by atoms with Crippen LogP contribution in [-0.4, -0.2) is 30.4 Å². The van der Waals surface area contributed by atoms with Crippen LogP contribution < -0.4 is 15.4 Å². The Hall–Kier alpha value is -2.76. The second-order valence-corrected chi connectivity index (χ2v) is 7.27. The molecule has 1 aromatic rings. The second kappa shape index (κ2) is 10.1. The van der Waals surface area contributed by atoms with E-state index in [0.29, 0.717) is 23.9 Å². The van der Waals surface area contributed by atoms with E-state index in [1.165, 1.54) is 0 Å². The molecule has 0 aromatic heterocycles. The Morgan fingerprint density at radius 2 is 2.07 bits per heavy atom. The Morgan fingerprint density at radius 3 is 2.66 bits per heavy atom. The van der Waals surface area contributed by atoms with Gasteiger partial charge in [-0.15, -0.1) is 5.10 Å². The number of hydrogen-bond donors (Lipinski definition) is 2. The van der Waals surface area contributed by atoms with Gasteiger partial charge in [-0.25, -0.2) is 5.01 Å². The molecular formula is C23H34N4O2. The largest absolute Gasteiger partial charge is 0.493 e. The zero-order valence-electron chi connectivity index (χ0n) is 18.6. The van der Waals surface area contributed by atoms with Crippen LogP contribution in [0.25, 0.3) is 0 Å². The maximum Gasteiger partial charge on any atom is 0.275 e. The minimum absolute atomic E-state index is 0.164. The molecule has 1 unspecified atom stereocenters. The average molecular weight is 399 g/mol. The van der Waals surface area contributed by atoms with E-state index in [2.05, 4.69) is 38.0 Å². The van der Waals surface area contributed by atoms with Gasteiger partial charge in [0.15, 0.2) is 5.84 Å². The van der Waals surface area contributed by atoms with E-state index < -0.39 is 0 Å². The number of anilines is 1. The molecule has 1 amide bonds. The molecule has 0 fully saturated rings. The molecule has 1 heterocycles. The number of nitrogens with zero attached hydrogens (tertiary/aromatic N) is 2. The van der Waals surface area contributed by atoms with Crippen molar-refractivity contribution >= 4 is 17.4 Å². The van der Waals surface area contributed by atoms with Crippen molar-refractivity contribution in [1.82, 2.24) is 10.3 Å². The van der Waals surface area contributed by atoms with Gasteiger partial charge in [-0.3, -0.25) is 4.79 Å². The minimum atomic E-state index is -0.164. The first-order valence-electron chi connectivity index (χ1n) is 10.4. The third kappa shape index (κ3) is 5.00. The summed E-state index contributed by atoms with van der Waals surface area (Å²) in [4.78, 5) is 13.2. The molecule has 2 N–H and O–H groups in total. The predicted octanol–water partition coefficient (Wildman–Crippen LogP) is 4.85. The van der Waals surface area contributed by atoms with Crippen molar-refractivity contribution in [3.8, 4) is 5.75 Å². The molecule has 1 aliphatic heterocycles. The molecule has 0 saturated carbocycles. The van der Waals surface area contributed by atoms with Crippen molar-refractivity contribution in [1.29, 1.82) is 0 Å². The summed E-state index contributed by atoms with van der Waals surface area (Å²) in [6, 6.07) is 5.76. The molecule has 1 aliphatic rings. The van der Waals surface area contributed by atoms with Gasteiger partial charge in [0.05, 0.1) is 12.2 Å². The van der Waals surface area contributed by atoms with Crippen LogP contribution in [0.1, 0.15) is 59.4 Å². The highest BCUT2D eigenvalue weighted by molar-refractivity contribution is 6.15. The third-order valence-electron chi connectivity index (χ3n) is 5.25. The van der Waals surface area contributed by atoms with Crippen molar-refractivity contribution in [3.05, 3.63) is 47.3 Å². The molecule has 29 heavy (non-hydrogen) atoms. The zero-order valence-corrected chi connectivity index (χ0v) is 18.6. The number of amides is 1. The summed E-state index contributed by atoms with van der Waals surface area (Å²) in [5.41, 5.74) is 4.04. The second-order valence-electron chi connectivity index (χ2n) is 7.27. The van der Waals surface area contributed by atoms with Crippen LogP contribution >= 0.6 is 0 Å². The van der Waals surface area contributed by atoms with Crippen LogP contribution in [0.15, 0.2) is 46.8 Å². The molecule has 0 aliphatic carbocycles. The first-order valence-corrected chi connectivity index (χ1v) is 10.4. The fourth-order valence-electron chi connectivity index (χ4n) is 3.22. The number of hydrogen-bond acceptors (Lipinski definition) is 5. The lowest BCUT2D eigenvalue weighted by atomic mass is 9.96. The first kappa shape index (κ1) is 22.5. The number of amidine groups is 1. The van der Waals surface area contributed by atoms with Gasteiger partial charge in [-0.2, -0.15) is 0 Å². The molecule has 1 aromatic carbocycles. The highest BCUT2D eigenvalue weighted by Gasteiger charge is 2.31. The number of carbonyl (C=O) groups excluding carboxylic acids is 1. The monoisotopic (exact) mass is 398 g/mol. The maximum atomic E-state index is 13.2. The van der Waals surface area contributed by atoms with Gasteiger partial charge in [0.1, 0.15) is 11.4 Å². The number of carbonyl (C=O) groups is 1. The number of nitrogens with one attached hydrogen (secondary N) is 2. The summed E-state index contributed by atoms with van der Waals surface area (Å²) >= 11 is 0. The normalized spacial score (nSPS) is 16.7. The predicted molar refractivity (Wildman–Crippen MR) is 120 cm³/mol. The average Bonchev–Trinajstić information content (AvgIpc) is 2.72. The lowest BCUT2D eigenvalue weighted by Gasteiger charge is -2.32. The molecule has 1 atom stereocenters. The smallest absolute Gasteiger partial charge is 0.275 e. The molecule has 6 nitrogen and oxygen atoms in total. The van der Waals surface area contributed by atoms with Crippen molar-refractivity contribution in [2.45, 2.75) is 53.9 Å². The van der Waals surface area contributed by atoms with Crippen molar-refractivity contribution in [2.75, 3.05) is 19.0 Å². The van der Waals surface area contributed by atoms with Gasteiger partial charge in [-0.05, 0) is 56.4 Å². The topological polar surface area (TPSA) is 66.0 Å². The van der Waals surface area contributed by atoms with E-state index in [4.69, 9.17) is 9.84 Å². The Bertz CT molecular complexity index is 826. The summed E-state index contributed by atoms with van der Waals surface area (Å²) in [7, 11) is 1.85. The fourth-order valence-corrected chi connectivity index (χ4v) is 3.22. The van der Waals surface area contributed by atoms with E-state index in [1.807, 2.05) is 39.1 Å². The van der Waals surface area contributed by atoms with Gasteiger partial charge >= 0.3 is 0 Å². The van der Waals surface area contributed by atoms with Crippen LogP contribution in [0, 0.1) is 5.92 Å². The Kier molecular flexibility index (Phi) is 7.88. The third-order valence-corrected chi connectivity index (χ3v) is 5.25. The lowest BCUT2D eigenvalue weighted by molar-refractivity contribution is -0.118. The molecule has 6 heteroatoms.